The average Bonchev–Trinajstić information content (AvgIpc) is 2.91. The summed E-state index contributed by atoms with van der Waals surface area (Å²) in [7, 11) is 0. The summed E-state index contributed by atoms with van der Waals surface area (Å²) in [6.07, 6.45) is 0. The van der Waals surface area contributed by atoms with Gasteiger partial charge in [-0.1, -0.05) is 12.1 Å². The lowest BCUT2D eigenvalue weighted by molar-refractivity contribution is -0.134. The van der Waals surface area contributed by atoms with E-state index in [0.29, 0.717) is 38.1 Å². The summed E-state index contributed by atoms with van der Waals surface area (Å²) in [4.78, 5) is 40.4. The van der Waals surface area contributed by atoms with Crippen molar-refractivity contribution in [2.45, 2.75) is 26.4 Å². The highest BCUT2D eigenvalue weighted by molar-refractivity contribution is 5.80. The number of hydrogen-bond acceptors (Lipinski definition) is 4. The largest absolute Gasteiger partial charge is 0.353 e. The van der Waals surface area contributed by atoms with Crippen LogP contribution in [0, 0.1) is 0 Å². The van der Waals surface area contributed by atoms with E-state index in [1.54, 1.807) is 17.0 Å². The number of aromatic nitrogens is 2. The predicted octanol–water partition coefficient (Wildman–Crippen LogP) is -0.00160. The van der Waals surface area contributed by atoms with Crippen LogP contribution in [0.5, 0.6) is 0 Å². The van der Waals surface area contributed by atoms with Crippen LogP contribution in [-0.4, -0.2) is 70.2 Å². The van der Waals surface area contributed by atoms with E-state index < -0.39 is 0 Å². The highest BCUT2D eigenvalue weighted by Gasteiger charge is 2.23. The molecule has 1 aromatic carbocycles. The molecule has 1 fully saturated rings. The molecular formula is C18H25N5O3. The van der Waals surface area contributed by atoms with Crippen molar-refractivity contribution >= 4 is 22.7 Å². The molecule has 2 aromatic rings. The van der Waals surface area contributed by atoms with Crippen molar-refractivity contribution in [3.8, 4) is 0 Å². The SMILES string of the molecule is CC(C)NC(=O)CN1CCN(C(=O)Cn2[nH]c3ccccc3c2=O)CC1. The molecule has 0 atom stereocenters. The molecule has 2 heterocycles. The summed E-state index contributed by atoms with van der Waals surface area (Å²) in [6.45, 7) is 6.63. The highest BCUT2D eigenvalue weighted by atomic mass is 16.2. The molecule has 1 saturated heterocycles. The van der Waals surface area contributed by atoms with Crippen molar-refractivity contribution in [1.82, 2.24) is 24.9 Å². The number of H-pyrrole nitrogens is 1. The fourth-order valence-corrected chi connectivity index (χ4v) is 3.18. The number of hydrogen-bond donors (Lipinski definition) is 2. The van der Waals surface area contributed by atoms with Crippen LogP contribution in [0.3, 0.4) is 0 Å². The van der Waals surface area contributed by atoms with Gasteiger partial charge in [0.1, 0.15) is 6.54 Å². The van der Waals surface area contributed by atoms with Gasteiger partial charge in [0.25, 0.3) is 5.56 Å². The fourth-order valence-electron chi connectivity index (χ4n) is 3.18. The van der Waals surface area contributed by atoms with Crippen LogP contribution in [0.15, 0.2) is 29.1 Å². The number of nitrogens with zero attached hydrogens (tertiary/aromatic N) is 3. The molecule has 0 bridgehead atoms. The fraction of sp³-hybridized carbons (Fsp3) is 0.500. The molecule has 26 heavy (non-hydrogen) atoms. The molecule has 2 amide bonds. The Balaban J connectivity index is 1.54. The van der Waals surface area contributed by atoms with Crippen LogP contribution in [0.1, 0.15) is 13.8 Å². The number of aromatic amines is 1. The number of rotatable bonds is 5. The van der Waals surface area contributed by atoms with E-state index >= 15 is 0 Å². The zero-order valence-electron chi connectivity index (χ0n) is 15.2. The smallest absolute Gasteiger partial charge is 0.274 e. The van der Waals surface area contributed by atoms with Gasteiger partial charge in [-0.2, -0.15) is 0 Å². The Hall–Kier alpha value is -2.61. The molecule has 8 heteroatoms. The number of carbonyl (C=O) groups is 2. The van der Waals surface area contributed by atoms with Crippen molar-refractivity contribution in [2.24, 2.45) is 0 Å². The summed E-state index contributed by atoms with van der Waals surface area (Å²) in [5, 5.41) is 6.44. The Morgan fingerprint density at radius 1 is 1.12 bits per heavy atom. The summed E-state index contributed by atoms with van der Waals surface area (Å²) < 4.78 is 1.36. The predicted molar refractivity (Wildman–Crippen MR) is 98.9 cm³/mol. The van der Waals surface area contributed by atoms with Crippen LogP contribution in [0.2, 0.25) is 0 Å². The molecule has 1 aromatic heterocycles. The lowest BCUT2D eigenvalue weighted by atomic mass is 10.2. The van der Waals surface area contributed by atoms with Gasteiger partial charge >= 0.3 is 0 Å². The van der Waals surface area contributed by atoms with E-state index in [-0.39, 0.29) is 30.0 Å². The number of fused-ring (bicyclic) bond motifs is 1. The van der Waals surface area contributed by atoms with E-state index in [1.807, 2.05) is 30.9 Å². The molecule has 8 nitrogen and oxygen atoms in total. The second-order valence-corrected chi connectivity index (χ2v) is 6.93. The molecule has 2 N–H and O–H groups in total. The minimum Gasteiger partial charge on any atom is -0.353 e. The number of amides is 2. The number of piperazine rings is 1. The molecule has 0 spiro atoms. The van der Waals surface area contributed by atoms with Gasteiger partial charge in [0.05, 0.1) is 17.4 Å². The highest BCUT2D eigenvalue weighted by Crippen LogP contribution is 2.07. The normalized spacial score (nSPS) is 15.6. The Morgan fingerprint density at radius 2 is 1.81 bits per heavy atom. The van der Waals surface area contributed by atoms with Gasteiger partial charge in [-0.15, -0.1) is 0 Å². The molecule has 0 saturated carbocycles. The van der Waals surface area contributed by atoms with Crippen molar-refractivity contribution in [3.05, 3.63) is 34.6 Å². The summed E-state index contributed by atoms with van der Waals surface area (Å²) >= 11 is 0. The number of nitrogens with one attached hydrogen (secondary N) is 2. The van der Waals surface area contributed by atoms with Gasteiger partial charge in [-0.25, -0.2) is 4.68 Å². The summed E-state index contributed by atoms with van der Waals surface area (Å²) in [6, 6.07) is 7.34. The Bertz CT molecular complexity index is 846. The average molecular weight is 359 g/mol. The van der Waals surface area contributed by atoms with Crippen LogP contribution in [0.25, 0.3) is 10.9 Å². The second kappa shape index (κ2) is 7.74. The monoisotopic (exact) mass is 359 g/mol. The third-order valence-electron chi connectivity index (χ3n) is 4.49. The third-order valence-corrected chi connectivity index (χ3v) is 4.49. The van der Waals surface area contributed by atoms with Crippen LogP contribution in [0.4, 0.5) is 0 Å². The zero-order valence-corrected chi connectivity index (χ0v) is 15.2. The van der Waals surface area contributed by atoms with E-state index in [2.05, 4.69) is 10.4 Å². The molecule has 0 unspecified atom stereocenters. The second-order valence-electron chi connectivity index (χ2n) is 6.93. The number of benzene rings is 1. The van der Waals surface area contributed by atoms with E-state index in [4.69, 9.17) is 0 Å². The Morgan fingerprint density at radius 3 is 2.46 bits per heavy atom. The van der Waals surface area contributed by atoms with E-state index in [1.165, 1.54) is 4.68 Å². The van der Waals surface area contributed by atoms with Crippen LogP contribution < -0.4 is 10.9 Å². The first-order valence-electron chi connectivity index (χ1n) is 8.91. The quantitative estimate of drug-likeness (QED) is 0.786. The molecular weight excluding hydrogens is 334 g/mol. The van der Waals surface area contributed by atoms with Gasteiger partial charge in [-0.3, -0.25) is 24.4 Å². The van der Waals surface area contributed by atoms with Crippen molar-refractivity contribution < 1.29 is 9.59 Å². The topological polar surface area (TPSA) is 90.4 Å². The maximum Gasteiger partial charge on any atom is 0.274 e. The first-order valence-corrected chi connectivity index (χ1v) is 8.91. The molecule has 3 rings (SSSR count). The lowest BCUT2D eigenvalue weighted by Crippen LogP contribution is -2.52. The minimum atomic E-state index is -0.182. The van der Waals surface area contributed by atoms with Gasteiger partial charge in [0, 0.05) is 32.2 Å². The zero-order chi connectivity index (χ0) is 18.7. The summed E-state index contributed by atoms with van der Waals surface area (Å²) in [5.74, 6) is -0.0886. The number of carbonyl (C=O) groups excluding carboxylic acids is 2. The van der Waals surface area contributed by atoms with Gasteiger partial charge in [-0.05, 0) is 26.0 Å². The molecule has 0 aliphatic carbocycles. The van der Waals surface area contributed by atoms with Crippen LogP contribution in [-0.2, 0) is 16.1 Å². The molecule has 1 aliphatic rings. The Labute approximate surface area is 151 Å². The van der Waals surface area contributed by atoms with E-state index in [9.17, 15) is 14.4 Å². The van der Waals surface area contributed by atoms with E-state index in [0.717, 1.165) is 5.52 Å². The van der Waals surface area contributed by atoms with Crippen LogP contribution >= 0.6 is 0 Å². The summed E-state index contributed by atoms with van der Waals surface area (Å²) in [5.41, 5.74) is 0.546. The van der Waals surface area contributed by atoms with Gasteiger partial charge in [0.15, 0.2) is 0 Å². The third kappa shape index (κ3) is 4.13. The molecule has 0 radical (unpaired) electrons. The van der Waals surface area contributed by atoms with Crippen molar-refractivity contribution in [3.63, 3.8) is 0 Å². The van der Waals surface area contributed by atoms with Gasteiger partial charge < -0.3 is 10.2 Å². The maximum absolute atomic E-state index is 12.5. The molecule has 140 valence electrons. The van der Waals surface area contributed by atoms with Crippen molar-refractivity contribution in [1.29, 1.82) is 0 Å². The minimum absolute atomic E-state index is 0.00134. The standard InChI is InChI=1S/C18H25N5O3/c1-13(2)19-16(24)11-21-7-9-22(10-8-21)17(25)12-23-18(26)14-5-3-4-6-15(14)20-23/h3-6,13,20H,7-12H2,1-2H3,(H,19,24). The van der Waals surface area contributed by atoms with Gasteiger partial charge in [0.2, 0.25) is 11.8 Å². The molecule has 1 aliphatic heterocycles. The first kappa shape index (κ1) is 18.2. The van der Waals surface area contributed by atoms with Crippen molar-refractivity contribution in [2.75, 3.05) is 32.7 Å². The number of para-hydroxylation sites is 1. The first-order chi connectivity index (χ1) is 12.4. The Kier molecular flexibility index (Phi) is 5.41. The lowest BCUT2D eigenvalue weighted by Gasteiger charge is -2.34. The maximum atomic E-state index is 12.5.